The van der Waals surface area contributed by atoms with Gasteiger partial charge in [0.25, 0.3) is 0 Å². The van der Waals surface area contributed by atoms with Crippen LogP contribution < -0.4 is 10.2 Å². The molecule has 0 spiro atoms. The van der Waals surface area contributed by atoms with Crippen molar-refractivity contribution in [2.24, 2.45) is 5.41 Å². The topological polar surface area (TPSA) is 41.1 Å². The van der Waals surface area contributed by atoms with Crippen LogP contribution in [0.1, 0.15) is 32.1 Å². The van der Waals surface area contributed by atoms with Crippen molar-refractivity contribution in [3.05, 3.63) is 12.3 Å². The smallest absolute Gasteiger partial charge is 0.226 e. The van der Waals surface area contributed by atoms with Gasteiger partial charge in [0.2, 0.25) is 5.95 Å². The van der Waals surface area contributed by atoms with Crippen molar-refractivity contribution in [3.8, 4) is 0 Å². The summed E-state index contributed by atoms with van der Waals surface area (Å²) < 4.78 is 0. The molecular formula is C14H23ClN4. The van der Waals surface area contributed by atoms with E-state index in [4.69, 9.17) is 11.6 Å². The molecule has 19 heavy (non-hydrogen) atoms. The number of hydrogen-bond donors (Lipinski definition) is 1. The second kappa shape index (κ2) is 6.42. The van der Waals surface area contributed by atoms with Crippen LogP contribution in [0.25, 0.3) is 0 Å². The Bertz CT molecular complexity index is 402. The summed E-state index contributed by atoms with van der Waals surface area (Å²) in [5.74, 6) is 2.34. The Kier molecular flexibility index (Phi) is 4.86. The highest BCUT2D eigenvalue weighted by Crippen LogP contribution is 2.37. The fraction of sp³-hybridized carbons (Fsp3) is 0.714. The van der Waals surface area contributed by atoms with Crippen LogP contribution in [-0.4, -0.2) is 36.5 Å². The molecule has 1 heterocycles. The molecule has 0 unspecified atom stereocenters. The quantitative estimate of drug-likeness (QED) is 0.843. The Morgan fingerprint density at radius 1 is 1.32 bits per heavy atom. The molecular weight excluding hydrogens is 260 g/mol. The minimum Gasteiger partial charge on any atom is -0.369 e. The lowest BCUT2D eigenvalue weighted by atomic mass is 9.75. The lowest BCUT2D eigenvalue weighted by molar-refractivity contribution is 0.238. The third kappa shape index (κ3) is 3.72. The Morgan fingerprint density at radius 3 is 2.68 bits per heavy atom. The van der Waals surface area contributed by atoms with E-state index in [2.05, 4.69) is 15.3 Å². The first kappa shape index (κ1) is 14.4. The van der Waals surface area contributed by atoms with Crippen LogP contribution in [0.5, 0.6) is 0 Å². The summed E-state index contributed by atoms with van der Waals surface area (Å²) in [6, 6.07) is 1.91. The van der Waals surface area contributed by atoms with Gasteiger partial charge < -0.3 is 10.2 Å². The number of hydrogen-bond acceptors (Lipinski definition) is 4. The highest BCUT2D eigenvalue weighted by molar-refractivity contribution is 6.18. The predicted molar refractivity (Wildman–Crippen MR) is 81.1 cm³/mol. The minimum absolute atomic E-state index is 0.239. The van der Waals surface area contributed by atoms with Crippen LogP contribution in [0.15, 0.2) is 12.3 Å². The molecule has 0 aliphatic heterocycles. The van der Waals surface area contributed by atoms with Crippen LogP contribution in [0.2, 0.25) is 0 Å². The molecule has 1 aliphatic rings. The molecule has 106 valence electrons. The molecule has 0 atom stereocenters. The van der Waals surface area contributed by atoms with Gasteiger partial charge in [0.1, 0.15) is 5.82 Å². The van der Waals surface area contributed by atoms with E-state index in [1.54, 1.807) is 6.20 Å². The Labute approximate surface area is 120 Å². The van der Waals surface area contributed by atoms with Gasteiger partial charge in [0, 0.05) is 38.1 Å². The first-order valence-electron chi connectivity index (χ1n) is 6.95. The average molecular weight is 283 g/mol. The van der Waals surface area contributed by atoms with E-state index in [9.17, 15) is 0 Å². The highest BCUT2D eigenvalue weighted by Gasteiger charge is 2.31. The number of rotatable bonds is 5. The van der Waals surface area contributed by atoms with Crippen molar-refractivity contribution >= 4 is 23.4 Å². The molecule has 1 aromatic heterocycles. The minimum atomic E-state index is 0.239. The Morgan fingerprint density at radius 2 is 2.05 bits per heavy atom. The molecule has 0 amide bonds. The number of anilines is 2. The number of alkyl halides is 1. The van der Waals surface area contributed by atoms with E-state index >= 15 is 0 Å². The number of nitrogens with one attached hydrogen (secondary N) is 1. The zero-order valence-corrected chi connectivity index (χ0v) is 12.6. The summed E-state index contributed by atoms with van der Waals surface area (Å²) in [6.07, 6.45) is 8.16. The standard InChI is InChI=1S/C14H23ClN4/c1-19(2)13-16-9-6-12(18-13)17-11-14(10-15)7-4-3-5-8-14/h6,9H,3-5,7-8,10-11H2,1-2H3,(H,16,17,18). The lowest BCUT2D eigenvalue weighted by Gasteiger charge is -2.35. The fourth-order valence-electron chi connectivity index (χ4n) is 2.60. The summed E-state index contributed by atoms with van der Waals surface area (Å²) in [4.78, 5) is 10.6. The molecule has 1 fully saturated rings. The largest absolute Gasteiger partial charge is 0.369 e. The van der Waals surface area contributed by atoms with Gasteiger partial charge in [-0.2, -0.15) is 4.98 Å². The monoisotopic (exact) mass is 282 g/mol. The van der Waals surface area contributed by atoms with Crippen LogP contribution in [0.4, 0.5) is 11.8 Å². The van der Waals surface area contributed by atoms with Crippen LogP contribution >= 0.6 is 11.6 Å². The molecule has 0 bridgehead atoms. The second-order valence-electron chi connectivity index (χ2n) is 5.68. The Hall–Kier alpha value is -1.03. The van der Waals surface area contributed by atoms with Gasteiger partial charge in [-0.1, -0.05) is 19.3 Å². The van der Waals surface area contributed by atoms with Crippen molar-refractivity contribution in [2.45, 2.75) is 32.1 Å². The molecule has 1 aliphatic carbocycles. The summed E-state index contributed by atoms with van der Waals surface area (Å²) in [5, 5.41) is 3.44. The summed E-state index contributed by atoms with van der Waals surface area (Å²) >= 11 is 6.20. The molecule has 4 nitrogen and oxygen atoms in total. The Balaban J connectivity index is 1.99. The van der Waals surface area contributed by atoms with Crippen molar-refractivity contribution < 1.29 is 0 Å². The molecule has 2 rings (SSSR count). The third-order valence-electron chi connectivity index (χ3n) is 3.89. The molecule has 0 saturated heterocycles. The van der Waals surface area contributed by atoms with Gasteiger partial charge in [-0.3, -0.25) is 0 Å². The SMILES string of the molecule is CN(C)c1nccc(NCC2(CCl)CCCCC2)n1. The summed E-state index contributed by atoms with van der Waals surface area (Å²) in [6.45, 7) is 0.903. The maximum atomic E-state index is 6.20. The number of aromatic nitrogens is 2. The zero-order valence-electron chi connectivity index (χ0n) is 11.8. The van der Waals surface area contributed by atoms with E-state index < -0.39 is 0 Å². The van der Waals surface area contributed by atoms with Gasteiger partial charge in [-0.15, -0.1) is 11.6 Å². The first-order chi connectivity index (χ1) is 9.15. The normalized spacial score (nSPS) is 18.1. The second-order valence-corrected chi connectivity index (χ2v) is 5.95. The van der Waals surface area contributed by atoms with E-state index in [0.29, 0.717) is 0 Å². The van der Waals surface area contributed by atoms with Crippen LogP contribution in [-0.2, 0) is 0 Å². The third-order valence-corrected chi connectivity index (χ3v) is 4.45. The predicted octanol–water partition coefficient (Wildman–Crippen LogP) is 3.14. The van der Waals surface area contributed by atoms with Crippen molar-refractivity contribution in [1.82, 2.24) is 9.97 Å². The van der Waals surface area contributed by atoms with Gasteiger partial charge in [-0.25, -0.2) is 4.98 Å². The molecule has 1 aromatic rings. The van der Waals surface area contributed by atoms with Gasteiger partial charge in [0.15, 0.2) is 0 Å². The zero-order chi connectivity index (χ0) is 13.7. The fourth-order valence-corrected chi connectivity index (χ4v) is 2.96. The van der Waals surface area contributed by atoms with Crippen LogP contribution in [0, 0.1) is 5.41 Å². The molecule has 0 radical (unpaired) electrons. The average Bonchev–Trinajstić information content (AvgIpc) is 2.46. The molecule has 1 N–H and O–H groups in total. The van der Waals surface area contributed by atoms with Crippen molar-refractivity contribution in [1.29, 1.82) is 0 Å². The van der Waals surface area contributed by atoms with Gasteiger partial charge in [-0.05, 0) is 18.9 Å². The van der Waals surface area contributed by atoms with Crippen molar-refractivity contribution in [3.63, 3.8) is 0 Å². The van der Waals surface area contributed by atoms with Gasteiger partial charge in [0.05, 0.1) is 0 Å². The maximum Gasteiger partial charge on any atom is 0.226 e. The van der Waals surface area contributed by atoms with Crippen molar-refractivity contribution in [2.75, 3.05) is 36.7 Å². The molecule has 0 aromatic carbocycles. The van der Waals surface area contributed by atoms with Gasteiger partial charge >= 0.3 is 0 Å². The number of halogens is 1. The van der Waals surface area contributed by atoms with E-state index in [1.807, 2.05) is 25.1 Å². The van der Waals surface area contributed by atoms with E-state index in [1.165, 1.54) is 32.1 Å². The highest BCUT2D eigenvalue weighted by atomic mass is 35.5. The first-order valence-corrected chi connectivity index (χ1v) is 7.49. The molecule has 1 saturated carbocycles. The van der Waals surface area contributed by atoms with E-state index in [-0.39, 0.29) is 5.41 Å². The van der Waals surface area contributed by atoms with Crippen LogP contribution in [0.3, 0.4) is 0 Å². The summed E-state index contributed by atoms with van der Waals surface area (Å²) in [7, 11) is 3.89. The summed E-state index contributed by atoms with van der Waals surface area (Å²) in [5.41, 5.74) is 0.239. The molecule has 5 heteroatoms. The van der Waals surface area contributed by atoms with E-state index in [0.717, 1.165) is 24.2 Å². The maximum absolute atomic E-state index is 6.20. The number of nitrogens with zero attached hydrogens (tertiary/aromatic N) is 3. The lowest BCUT2D eigenvalue weighted by Crippen LogP contribution is -2.34.